The van der Waals surface area contributed by atoms with Crippen molar-refractivity contribution in [3.05, 3.63) is 0 Å². The second-order valence-electron chi connectivity index (χ2n) is 9.86. The summed E-state index contributed by atoms with van der Waals surface area (Å²) >= 11 is 0. The molecule has 0 aromatic rings. The van der Waals surface area contributed by atoms with Gasteiger partial charge in [0.25, 0.3) is 0 Å². The van der Waals surface area contributed by atoms with E-state index < -0.39 is 169 Å². The molecule has 9 atom stereocenters. The second kappa shape index (κ2) is 20.1. The van der Waals surface area contributed by atoms with Gasteiger partial charge in [-0.1, -0.05) is 0 Å². The second-order valence-corrected chi connectivity index (χ2v) is 19.4. The average molecular weight is 1060 g/mol. The third kappa shape index (κ3) is 24.8. The van der Waals surface area contributed by atoms with Crippen molar-refractivity contribution in [1.29, 1.82) is 0 Å². The minimum absolute atomic E-state index is 2.08. The van der Waals surface area contributed by atoms with Gasteiger partial charge in [-0.05, 0) is 0 Å². The van der Waals surface area contributed by atoms with E-state index in [4.69, 9.17) is 23.1 Å². The van der Waals surface area contributed by atoms with Crippen molar-refractivity contribution in [2.75, 3.05) is 19.8 Å². The molecule has 0 aromatic heterocycles. The number of rotatable bonds is 26. The van der Waals surface area contributed by atoms with Gasteiger partial charge < -0.3 is 9.47 Å². The monoisotopic (exact) mass is 1060 g/mol. The number of hydrogen-bond donors (Lipinski definition) is 9. The van der Waals surface area contributed by atoms with E-state index in [1.807, 2.05) is 0 Å². The maximum Gasteiger partial charge on any atom is 0.397 e. The lowest BCUT2D eigenvalue weighted by Crippen LogP contribution is -2.65. The Bertz CT molecular complexity index is 2470. The van der Waals surface area contributed by atoms with E-state index in [1.54, 1.807) is 0 Å². The van der Waals surface area contributed by atoms with E-state index in [0.717, 1.165) is 0 Å². The molecule has 0 aromatic carbocycles. The molecule has 59 heavy (non-hydrogen) atoms. The fourth-order valence-corrected chi connectivity index (χ4v) is 7.88. The standard InChI is InChI=1S/C12H24O38S9/c13-51(14,15)40-1-4-8(47-56(28,29)30)10(49-58(34,35)36)11(50-59(37,38)39)12(43-4)44-7(5(45-54(22,23)24)2-41-52(16,17)18)9(48-57(31,32)33)6(46-55(25,26)27)3-42-53(19,20)21/h4-12H,1-3H2,(H,13,14,15)(H,16,17,18)(H,19,20,21)(H,22,23,24)(H,25,26,27)(H,28,29,30)(H,31,32,33)(H,34,35,36)(H,37,38,39)/t4-,5-,6+,7?,8+,9-,10+,11-,12+/m1/s1. The quantitative estimate of drug-likeness (QED) is 0.0363. The zero-order valence-corrected chi connectivity index (χ0v) is 34.2. The smallest absolute Gasteiger partial charge is 0.341 e. The Kier molecular flexibility index (Phi) is 19.0. The maximum atomic E-state index is 12.0. The van der Waals surface area contributed by atoms with Gasteiger partial charge in [0.05, 0.1) is 19.8 Å². The summed E-state index contributed by atoms with van der Waals surface area (Å²) in [6.07, 6.45) is -32.0. The normalized spacial score (nSPS) is 24.3. The lowest BCUT2D eigenvalue weighted by molar-refractivity contribution is -0.313. The summed E-state index contributed by atoms with van der Waals surface area (Å²) in [5.41, 5.74) is 0. The molecule has 0 aliphatic carbocycles. The molecular formula is C12H24O38S9. The van der Waals surface area contributed by atoms with Crippen molar-refractivity contribution in [2.45, 2.75) is 55.1 Å². The van der Waals surface area contributed by atoms with Crippen LogP contribution in [0.2, 0.25) is 0 Å². The first-order valence-corrected chi connectivity index (χ1v) is 25.2. The third-order valence-corrected chi connectivity index (χ3v) is 9.65. The summed E-state index contributed by atoms with van der Waals surface area (Å²) in [4.78, 5) is 0. The topological polar surface area (TPSA) is 591 Å². The Morgan fingerprint density at radius 2 is 0.729 bits per heavy atom. The van der Waals surface area contributed by atoms with E-state index in [2.05, 4.69) is 37.6 Å². The Morgan fingerprint density at radius 1 is 0.390 bits per heavy atom. The lowest BCUT2D eigenvalue weighted by Gasteiger charge is -2.45. The van der Waals surface area contributed by atoms with Crippen molar-refractivity contribution in [1.82, 2.24) is 0 Å². The van der Waals surface area contributed by atoms with Gasteiger partial charge in [0, 0.05) is 0 Å². The van der Waals surface area contributed by atoms with Gasteiger partial charge in [-0.2, -0.15) is 75.8 Å². The molecule has 1 saturated heterocycles. The summed E-state index contributed by atoms with van der Waals surface area (Å²) in [6, 6.07) is 0. The van der Waals surface area contributed by atoms with Crippen molar-refractivity contribution < 1.29 is 164 Å². The molecule has 38 nitrogen and oxygen atoms in total. The summed E-state index contributed by atoms with van der Waals surface area (Å²) in [5.74, 6) is 0. The highest BCUT2D eigenvalue weighted by molar-refractivity contribution is 7.82. The van der Waals surface area contributed by atoms with Gasteiger partial charge in [-0.15, -0.1) is 0 Å². The van der Waals surface area contributed by atoms with Crippen LogP contribution in [0.1, 0.15) is 0 Å². The molecule has 9 N–H and O–H groups in total. The van der Waals surface area contributed by atoms with Crippen LogP contribution < -0.4 is 0 Å². The van der Waals surface area contributed by atoms with Crippen molar-refractivity contribution >= 4 is 93.6 Å². The van der Waals surface area contributed by atoms with E-state index in [9.17, 15) is 103 Å². The summed E-state index contributed by atoms with van der Waals surface area (Å²) in [5, 5.41) is 0. The zero-order valence-electron chi connectivity index (χ0n) is 26.9. The third-order valence-electron chi connectivity index (χ3n) is 5.50. The van der Waals surface area contributed by atoms with Gasteiger partial charge >= 0.3 is 93.6 Å². The average Bonchev–Trinajstić information content (AvgIpc) is 2.92. The fourth-order valence-electron chi connectivity index (χ4n) is 4.00. The van der Waals surface area contributed by atoms with Crippen LogP contribution in [0.5, 0.6) is 0 Å². The minimum Gasteiger partial charge on any atom is -0.341 e. The highest BCUT2D eigenvalue weighted by Crippen LogP contribution is 2.35. The lowest BCUT2D eigenvalue weighted by atomic mass is 9.98. The molecule has 354 valence electrons. The Labute approximate surface area is 331 Å². The molecule has 1 heterocycles. The van der Waals surface area contributed by atoms with Crippen LogP contribution in [0, 0.1) is 0 Å². The van der Waals surface area contributed by atoms with E-state index in [1.165, 1.54) is 0 Å². The number of ether oxygens (including phenoxy) is 2. The van der Waals surface area contributed by atoms with Crippen molar-refractivity contribution in [3.8, 4) is 0 Å². The molecule has 0 bridgehead atoms. The summed E-state index contributed by atoms with van der Waals surface area (Å²) < 4.78 is 338. The first-order chi connectivity index (χ1) is 25.8. The molecule has 1 fully saturated rings. The minimum atomic E-state index is -6.48. The van der Waals surface area contributed by atoms with Gasteiger partial charge in [0.2, 0.25) is 0 Å². The number of hydrogen-bond acceptors (Lipinski definition) is 29. The molecule has 47 heteroatoms. The molecule has 0 radical (unpaired) electrons. The Hall–Kier alpha value is -1.25. The summed E-state index contributed by atoms with van der Waals surface area (Å²) in [6.45, 7) is -6.81. The largest absolute Gasteiger partial charge is 0.397 e. The Morgan fingerprint density at radius 3 is 1.07 bits per heavy atom. The van der Waals surface area contributed by atoms with Crippen LogP contribution in [-0.4, -0.2) is 192 Å². The SMILES string of the molecule is O=S(=O)(O)OC[C@H](OS(=O)(=O)O)[C@@H](OS(=O)(=O)O)C(O[C@@H]1O[C@H](COS(=O)(=O)O)[C@H](OS(=O)(=O)O)[C@H](OS(=O)(=O)O)[C@H]1OS(=O)(=O)O)[C@@H](COS(=O)(=O)O)OS(=O)(=O)O. The highest BCUT2D eigenvalue weighted by atomic mass is 32.3. The molecule has 1 rings (SSSR count). The van der Waals surface area contributed by atoms with Crippen LogP contribution in [-0.2, 0) is 141 Å². The molecule has 0 saturated carbocycles. The van der Waals surface area contributed by atoms with Gasteiger partial charge in [-0.25, -0.2) is 37.6 Å². The zero-order chi connectivity index (χ0) is 46.6. The van der Waals surface area contributed by atoms with Gasteiger partial charge in [0.15, 0.2) is 12.4 Å². The molecule has 1 unspecified atom stereocenters. The summed E-state index contributed by atoms with van der Waals surface area (Å²) in [7, 11) is -55.8. The van der Waals surface area contributed by atoms with E-state index >= 15 is 0 Å². The predicted octanol–water partition coefficient (Wildman–Crippen LogP) is -7.32. The molecule has 1 aliphatic heterocycles. The molecule has 0 amide bonds. The van der Waals surface area contributed by atoms with Crippen LogP contribution >= 0.6 is 0 Å². The first kappa shape index (κ1) is 55.8. The predicted molar refractivity (Wildman–Crippen MR) is 165 cm³/mol. The van der Waals surface area contributed by atoms with E-state index in [-0.39, 0.29) is 0 Å². The van der Waals surface area contributed by atoms with Crippen LogP contribution in [0.15, 0.2) is 0 Å². The van der Waals surface area contributed by atoms with Crippen molar-refractivity contribution in [3.63, 3.8) is 0 Å². The van der Waals surface area contributed by atoms with Gasteiger partial charge in [-0.3, -0.25) is 41.0 Å². The van der Waals surface area contributed by atoms with Crippen LogP contribution in [0.4, 0.5) is 0 Å². The molecule has 1 aliphatic rings. The fraction of sp³-hybridized carbons (Fsp3) is 1.00. The van der Waals surface area contributed by atoms with E-state index in [0.29, 0.717) is 0 Å². The maximum absolute atomic E-state index is 12.0. The van der Waals surface area contributed by atoms with Gasteiger partial charge in [0.1, 0.15) is 42.7 Å². The van der Waals surface area contributed by atoms with Crippen molar-refractivity contribution in [2.24, 2.45) is 0 Å². The first-order valence-electron chi connectivity index (χ1n) is 12.9. The molecule has 0 spiro atoms. The van der Waals surface area contributed by atoms with Crippen LogP contribution in [0.3, 0.4) is 0 Å². The van der Waals surface area contributed by atoms with Crippen LogP contribution in [0.25, 0.3) is 0 Å². The molecular weight excluding hydrogens is 1040 g/mol. The highest BCUT2D eigenvalue weighted by Gasteiger charge is 2.57. The Balaban J connectivity index is 4.57.